The van der Waals surface area contributed by atoms with E-state index < -0.39 is 0 Å². The fraction of sp³-hybridized carbons (Fsp3) is 0.667. The van der Waals surface area contributed by atoms with Crippen LogP contribution in [0.4, 0.5) is 0 Å². The van der Waals surface area contributed by atoms with Crippen LogP contribution in [0.2, 0.25) is 0 Å². The summed E-state index contributed by atoms with van der Waals surface area (Å²) in [6.45, 7) is 3.28. The Kier molecular flexibility index (Phi) is 3.62. The Hall–Kier alpha value is -1.01. The van der Waals surface area contributed by atoms with Gasteiger partial charge < -0.3 is 10.6 Å². The monoisotopic (exact) mass is 166 g/mol. The summed E-state index contributed by atoms with van der Waals surface area (Å²) >= 11 is 0. The van der Waals surface area contributed by atoms with Gasteiger partial charge in [-0.25, -0.2) is 0 Å². The van der Waals surface area contributed by atoms with Gasteiger partial charge in [0.25, 0.3) is 0 Å². The third kappa shape index (κ3) is 2.93. The van der Waals surface area contributed by atoms with Crippen LogP contribution in [0.25, 0.3) is 0 Å². The molecule has 3 nitrogen and oxygen atoms in total. The molecule has 1 aliphatic rings. The summed E-state index contributed by atoms with van der Waals surface area (Å²) in [5.41, 5.74) is 0. The predicted molar refractivity (Wildman–Crippen MR) is 47.5 cm³/mol. The van der Waals surface area contributed by atoms with Gasteiger partial charge in [-0.1, -0.05) is 5.92 Å². The molecular formula is C9H14N2O. The number of amides is 1. The highest BCUT2D eigenvalue weighted by atomic mass is 16.1. The van der Waals surface area contributed by atoms with E-state index in [0.717, 1.165) is 19.5 Å². The van der Waals surface area contributed by atoms with E-state index >= 15 is 0 Å². The van der Waals surface area contributed by atoms with Crippen molar-refractivity contribution in [2.24, 2.45) is 0 Å². The fourth-order valence-electron chi connectivity index (χ4n) is 1.19. The van der Waals surface area contributed by atoms with Gasteiger partial charge in [0.2, 0.25) is 5.91 Å². The fourth-order valence-corrected chi connectivity index (χ4v) is 1.19. The molecule has 1 rings (SSSR count). The number of hydrogen-bond donors (Lipinski definition) is 2. The number of hydrogen-bond acceptors (Lipinski definition) is 2. The average Bonchev–Trinajstić information content (AvgIpc) is 2.09. The highest BCUT2D eigenvalue weighted by Crippen LogP contribution is 2.01. The van der Waals surface area contributed by atoms with Crippen LogP contribution in [0, 0.1) is 11.8 Å². The van der Waals surface area contributed by atoms with Gasteiger partial charge in [-0.15, -0.1) is 5.92 Å². The van der Waals surface area contributed by atoms with Crippen molar-refractivity contribution in [3.8, 4) is 11.8 Å². The van der Waals surface area contributed by atoms with Crippen molar-refractivity contribution in [2.75, 3.05) is 13.1 Å². The molecule has 0 aromatic heterocycles. The lowest BCUT2D eigenvalue weighted by molar-refractivity contribution is -0.122. The molecular weight excluding hydrogens is 152 g/mol. The number of piperidine rings is 1. The molecule has 1 unspecified atom stereocenters. The third-order valence-corrected chi connectivity index (χ3v) is 1.92. The molecule has 3 heteroatoms. The third-order valence-electron chi connectivity index (χ3n) is 1.92. The van der Waals surface area contributed by atoms with Crippen LogP contribution in [0.1, 0.15) is 19.8 Å². The number of rotatable bonds is 2. The van der Waals surface area contributed by atoms with Gasteiger partial charge >= 0.3 is 0 Å². The van der Waals surface area contributed by atoms with E-state index in [9.17, 15) is 4.79 Å². The summed E-state index contributed by atoms with van der Waals surface area (Å²) in [6.07, 6.45) is 1.56. The molecule has 1 saturated heterocycles. The highest BCUT2D eigenvalue weighted by Gasteiger charge is 2.16. The largest absolute Gasteiger partial charge is 0.355 e. The molecule has 0 saturated carbocycles. The second-order valence-corrected chi connectivity index (χ2v) is 2.85. The van der Waals surface area contributed by atoms with Gasteiger partial charge in [0, 0.05) is 19.0 Å². The van der Waals surface area contributed by atoms with Crippen molar-refractivity contribution < 1.29 is 4.79 Å². The first-order valence-electron chi connectivity index (χ1n) is 4.22. The van der Waals surface area contributed by atoms with Crippen LogP contribution in [-0.2, 0) is 4.79 Å². The van der Waals surface area contributed by atoms with Crippen molar-refractivity contribution in [1.29, 1.82) is 0 Å². The maximum absolute atomic E-state index is 10.8. The summed E-state index contributed by atoms with van der Waals surface area (Å²) in [5, 5.41) is 6.06. The first kappa shape index (κ1) is 9.08. The Morgan fingerprint density at radius 1 is 1.75 bits per heavy atom. The van der Waals surface area contributed by atoms with E-state index in [2.05, 4.69) is 22.5 Å². The number of nitrogens with one attached hydrogen (secondary N) is 2. The highest BCUT2D eigenvalue weighted by molar-refractivity contribution is 5.76. The molecule has 66 valence electrons. The van der Waals surface area contributed by atoms with Crippen LogP contribution in [0.5, 0.6) is 0 Å². The van der Waals surface area contributed by atoms with Crippen LogP contribution < -0.4 is 10.6 Å². The molecule has 0 radical (unpaired) electrons. The van der Waals surface area contributed by atoms with Crippen LogP contribution in [-0.4, -0.2) is 25.0 Å². The molecule has 2 N–H and O–H groups in total. The second-order valence-electron chi connectivity index (χ2n) is 2.85. The molecule has 0 bridgehead atoms. The molecule has 1 aliphatic heterocycles. The van der Waals surface area contributed by atoms with Gasteiger partial charge in [0.05, 0.1) is 6.54 Å². The Morgan fingerprint density at radius 3 is 3.17 bits per heavy atom. The maximum Gasteiger partial charge on any atom is 0.220 e. The summed E-state index contributed by atoms with van der Waals surface area (Å²) in [4.78, 5) is 10.8. The van der Waals surface area contributed by atoms with E-state index in [0.29, 0.717) is 12.5 Å². The summed E-state index contributed by atoms with van der Waals surface area (Å²) in [5.74, 6) is 5.91. The molecule has 0 aromatic carbocycles. The Bertz CT molecular complexity index is 204. The molecule has 0 spiro atoms. The smallest absolute Gasteiger partial charge is 0.220 e. The molecule has 1 fully saturated rings. The minimum Gasteiger partial charge on any atom is -0.355 e. The van der Waals surface area contributed by atoms with Crippen molar-refractivity contribution >= 4 is 5.91 Å². The van der Waals surface area contributed by atoms with Crippen molar-refractivity contribution in [3.05, 3.63) is 0 Å². The zero-order valence-electron chi connectivity index (χ0n) is 7.31. The minimum atomic E-state index is 0.162. The normalized spacial score (nSPS) is 22.4. The first-order chi connectivity index (χ1) is 5.83. The summed E-state index contributed by atoms with van der Waals surface area (Å²) in [6, 6.07) is 0.406. The zero-order chi connectivity index (χ0) is 8.81. The van der Waals surface area contributed by atoms with Gasteiger partial charge in [-0.3, -0.25) is 4.79 Å². The number of carbonyl (C=O) groups is 1. The van der Waals surface area contributed by atoms with Gasteiger partial charge in [0.1, 0.15) is 0 Å². The minimum absolute atomic E-state index is 0.162. The lowest BCUT2D eigenvalue weighted by Gasteiger charge is -2.22. The Balaban J connectivity index is 2.16. The molecule has 0 aromatic rings. The lowest BCUT2D eigenvalue weighted by atomic mass is 10.1. The van der Waals surface area contributed by atoms with Crippen LogP contribution >= 0.6 is 0 Å². The van der Waals surface area contributed by atoms with Gasteiger partial charge in [0.15, 0.2) is 0 Å². The quantitative estimate of drug-likeness (QED) is 0.561. The summed E-state index contributed by atoms with van der Waals surface area (Å²) in [7, 11) is 0. The molecule has 1 amide bonds. The predicted octanol–water partition coefficient (Wildman–Crippen LogP) is -0.122. The van der Waals surface area contributed by atoms with Crippen LogP contribution in [0.15, 0.2) is 0 Å². The summed E-state index contributed by atoms with van der Waals surface area (Å²) < 4.78 is 0. The van der Waals surface area contributed by atoms with Crippen molar-refractivity contribution in [3.63, 3.8) is 0 Å². The lowest BCUT2D eigenvalue weighted by Crippen LogP contribution is -2.45. The van der Waals surface area contributed by atoms with E-state index in [1.165, 1.54) is 0 Å². The van der Waals surface area contributed by atoms with Crippen LogP contribution in [0.3, 0.4) is 0 Å². The zero-order valence-corrected chi connectivity index (χ0v) is 7.31. The molecule has 1 atom stereocenters. The number of carbonyl (C=O) groups excluding carboxylic acids is 1. The van der Waals surface area contributed by atoms with Gasteiger partial charge in [-0.05, 0) is 13.3 Å². The molecule has 1 heterocycles. The molecule has 12 heavy (non-hydrogen) atoms. The Labute approximate surface area is 72.9 Å². The first-order valence-corrected chi connectivity index (χ1v) is 4.22. The maximum atomic E-state index is 10.8. The van der Waals surface area contributed by atoms with E-state index in [1.807, 2.05) is 6.92 Å². The van der Waals surface area contributed by atoms with Crippen molar-refractivity contribution in [2.45, 2.75) is 25.8 Å². The van der Waals surface area contributed by atoms with Gasteiger partial charge in [-0.2, -0.15) is 0 Å². The van der Waals surface area contributed by atoms with E-state index in [-0.39, 0.29) is 5.91 Å². The van der Waals surface area contributed by atoms with E-state index in [1.54, 1.807) is 0 Å². The average molecular weight is 166 g/mol. The van der Waals surface area contributed by atoms with Crippen molar-refractivity contribution in [1.82, 2.24) is 10.6 Å². The second kappa shape index (κ2) is 4.78. The molecule has 0 aliphatic carbocycles. The standard InChI is InChI=1S/C9H14N2O/c1-2-3-6-10-8-4-5-9(12)11-7-8/h8,10H,4-7H2,1H3,(H,11,12). The SMILES string of the molecule is CC#CCNC1CCC(=O)NC1. The van der Waals surface area contributed by atoms with E-state index in [4.69, 9.17) is 0 Å². The topological polar surface area (TPSA) is 41.1 Å². The Morgan fingerprint density at radius 2 is 2.58 bits per heavy atom.